The lowest BCUT2D eigenvalue weighted by Crippen LogP contribution is -2.27. The zero-order valence-corrected chi connectivity index (χ0v) is 17.7. The first-order chi connectivity index (χ1) is 13.2. The number of rotatable bonds is 4. The Morgan fingerprint density at radius 2 is 1.21 bits per heavy atom. The summed E-state index contributed by atoms with van der Waals surface area (Å²) >= 11 is 0. The molecule has 4 nitrogen and oxygen atoms in total. The van der Waals surface area contributed by atoms with Gasteiger partial charge in [0.25, 0.3) is 0 Å². The molecule has 0 saturated heterocycles. The lowest BCUT2D eigenvalue weighted by atomic mass is 10.1. The lowest BCUT2D eigenvalue weighted by Gasteiger charge is -2.25. The SMILES string of the molecule is COc1ccccc1P(=O)(c1cc(C)cc(C)c1O)c1cc(C)cc(C)c1O. The molecule has 0 amide bonds. The molecule has 0 spiro atoms. The number of aromatic hydroxyl groups is 2. The topological polar surface area (TPSA) is 66.8 Å². The second-order valence-electron chi connectivity index (χ2n) is 7.18. The molecule has 0 heterocycles. The Hall–Kier alpha value is -2.71. The molecule has 0 saturated carbocycles. The van der Waals surface area contributed by atoms with Gasteiger partial charge in [0.1, 0.15) is 17.2 Å². The quantitative estimate of drug-likeness (QED) is 0.655. The van der Waals surface area contributed by atoms with Gasteiger partial charge >= 0.3 is 0 Å². The maximum Gasteiger partial charge on any atom is 0.181 e. The van der Waals surface area contributed by atoms with Crippen molar-refractivity contribution in [1.82, 2.24) is 0 Å². The third-order valence-corrected chi connectivity index (χ3v) is 8.04. The first-order valence-corrected chi connectivity index (χ1v) is 10.8. The minimum Gasteiger partial charge on any atom is -0.507 e. The van der Waals surface area contributed by atoms with Crippen LogP contribution < -0.4 is 20.7 Å². The van der Waals surface area contributed by atoms with Gasteiger partial charge in [0.05, 0.1) is 23.0 Å². The summed E-state index contributed by atoms with van der Waals surface area (Å²) in [5, 5.41) is 22.8. The second kappa shape index (κ2) is 7.37. The van der Waals surface area contributed by atoms with Crippen molar-refractivity contribution in [2.24, 2.45) is 0 Å². The molecular formula is C23H25O4P. The van der Waals surface area contributed by atoms with Crippen molar-refractivity contribution in [1.29, 1.82) is 0 Å². The van der Waals surface area contributed by atoms with Gasteiger partial charge in [0.2, 0.25) is 0 Å². The minimum atomic E-state index is -3.64. The molecule has 146 valence electrons. The maximum absolute atomic E-state index is 14.8. The molecular weight excluding hydrogens is 371 g/mol. The highest BCUT2D eigenvalue weighted by atomic mass is 31.2. The van der Waals surface area contributed by atoms with Crippen LogP contribution in [0.25, 0.3) is 0 Å². The number of phenols is 2. The fourth-order valence-corrected chi connectivity index (χ4v) is 6.91. The van der Waals surface area contributed by atoms with Crippen LogP contribution in [0.4, 0.5) is 0 Å². The van der Waals surface area contributed by atoms with Gasteiger partial charge in [-0.25, -0.2) is 0 Å². The smallest absolute Gasteiger partial charge is 0.181 e. The van der Waals surface area contributed by atoms with Gasteiger partial charge in [0.15, 0.2) is 7.14 Å². The maximum atomic E-state index is 14.8. The number of para-hydroxylation sites is 1. The zero-order valence-electron chi connectivity index (χ0n) is 16.8. The summed E-state index contributed by atoms with van der Waals surface area (Å²) < 4.78 is 20.3. The van der Waals surface area contributed by atoms with E-state index >= 15 is 0 Å². The van der Waals surface area contributed by atoms with Gasteiger partial charge in [0, 0.05) is 0 Å². The van der Waals surface area contributed by atoms with Gasteiger partial charge < -0.3 is 19.5 Å². The van der Waals surface area contributed by atoms with E-state index in [1.165, 1.54) is 7.11 Å². The highest BCUT2D eigenvalue weighted by Gasteiger charge is 2.38. The van der Waals surface area contributed by atoms with Crippen molar-refractivity contribution < 1.29 is 19.5 Å². The number of aryl methyl sites for hydroxylation is 4. The predicted molar refractivity (Wildman–Crippen MR) is 115 cm³/mol. The molecule has 0 bridgehead atoms. The van der Waals surface area contributed by atoms with E-state index in [0.717, 1.165) is 11.1 Å². The number of phenolic OH excluding ortho intramolecular Hbond substituents is 2. The zero-order chi connectivity index (χ0) is 20.6. The largest absolute Gasteiger partial charge is 0.507 e. The number of hydrogen-bond acceptors (Lipinski definition) is 4. The third kappa shape index (κ3) is 3.18. The van der Waals surface area contributed by atoms with Gasteiger partial charge in [-0.05, 0) is 74.2 Å². The summed E-state index contributed by atoms with van der Waals surface area (Å²) in [5.74, 6) is 0.389. The Kier molecular flexibility index (Phi) is 5.27. The number of hydrogen-bond donors (Lipinski definition) is 2. The Bertz CT molecular complexity index is 1040. The Morgan fingerprint density at radius 1 is 0.750 bits per heavy atom. The van der Waals surface area contributed by atoms with E-state index in [4.69, 9.17) is 4.74 Å². The standard InChI is InChI=1S/C23H25O4P/c1-14-10-16(3)22(24)20(12-14)28(26,19-9-7-6-8-18(19)27-5)21-13-15(2)11-17(4)23(21)25/h6-13,24-25H,1-5H3. The lowest BCUT2D eigenvalue weighted by molar-refractivity contribution is 0.418. The van der Waals surface area contributed by atoms with Crippen LogP contribution in [0.1, 0.15) is 22.3 Å². The number of ether oxygens (including phenoxy) is 1. The molecule has 0 unspecified atom stereocenters. The van der Waals surface area contributed by atoms with Crippen LogP contribution in [-0.2, 0) is 4.57 Å². The van der Waals surface area contributed by atoms with E-state index in [2.05, 4.69) is 0 Å². The molecule has 0 aliphatic carbocycles. The molecule has 0 aromatic heterocycles. The van der Waals surface area contributed by atoms with Crippen LogP contribution in [0, 0.1) is 27.7 Å². The molecule has 2 N–H and O–H groups in total. The average molecular weight is 396 g/mol. The highest BCUT2D eigenvalue weighted by molar-refractivity contribution is 7.85. The van der Waals surface area contributed by atoms with Crippen molar-refractivity contribution in [3.63, 3.8) is 0 Å². The summed E-state index contributed by atoms with van der Waals surface area (Å²) in [5.41, 5.74) is 3.02. The van der Waals surface area contributed by atoms with Crippen LogP contribution in [0.2, 0.25) is 0 Å². The third-order valence-electron chi connectivity index (χ3n) is 4.95. The fourth-order valence-electron chi connectivity index (χ4n) is 3.63. The Morgan fingerprint density at radius 3 is 1.68 bits per heavy atom. The van der Waals surface area contributed by atoms with Crippen molar-refractivity contribution in [3.8, 4) is 17.2 Å². The molecule has 0 aliphatic heterocycles. The fraction of sp³-hybridized carbons (Fsp3) is 0.217. The molecule has 0 fully saturated rings. The van der Waals surface area contributed by atoms with Crippen molar-refractivity contribution in [2.45, 2.75) is 27.7 Å². The van der Waals surface area contributed by atoms with Gasteiger partial charge in [-0.3, -0.25) is 0 Å². The van der Waals surface area contributed by atoms with E-state index in [-0.39, 0.29) is 11.5 Å². The van der Waals surface area contributed by atoms with Gasteiger partial charge in [-0.1, -0.05) is 24.3 Å². The molecule has 28 heavy (non-hydrogen) atoms. The summed E-state index contributed by atoms with van der Waals surface area (Å²) in [6.45, 7) is 7.34. The van der Waals surface area contributed by atoms with Crippen molar-refractivity contribution in [2.75, 3.05) is 7.11 Å². The molecule has 0 radical (unpaired) electrons. The molecule has 0 atom stereocenters. The Labute approximate surface area is 165 Å². The Balaban J connectivity index is 2.52. The van der Waals surface area contributed by atoms with E-state index in [1.807, 2.05) is 26.0 Å². The monoisotopic (exact) mass is 396 g/mol. The van der Waals surface area contributed by atoms with Crippen LogP contribution >= 0.6 is 7.14 Å². The number of benzene rings is 3. The van der Waals surface area contributed by atoms with Gasteiger partial charge in [-0.15, -0.1) is 0 Å². The highest BCUT2D eigenvalue weighted by Crippen LogP contribution is 2.50. The molecule has 0 aliphatic rings. The average Bonchev–Trinajstić information content (AvgIpc) is 2.66. The summed E-state index contributed by atoms with van der Waals surface area (Å²) in [4.78, 5) is 0. The minimum absolute atomic E-state index is 0.0293. The molecule has 3 aromatic rings. The first kappa shape index (κ1) is 20.0. The predicted octanol–water partition coefficient (Wildman–Crippen LogP) is 3.98. The van der Waals surface area contributed by atoms with Crippen LogP contribution in [0.15, 0.2) is 48.5 Å². The molecule has 3 rings (SSSR count). The summed E-state index contributed by atoms with van der Waals surface area (Å²) in [7, 11) is -2.12. The second-order valence-corrected chi connectivity index (χ2v) is 9.84. The summed E-state index contributed by atoms with van der Waals surface area (Å²) in [6.07, 6.45) is 0. The first-order valence-electron chi connectivity index (χ1n) is 9.05. The van der Waals surface area contributed by atoms with Crippen molar-refractivity contribution in [3.05, 3.63) is 70.8 Å². The molecule has 5 heteroatoms. The van der Waals surface area contributed by atoms with Gasteiger partial charge in [-0.2, -0.15) is 0 Å². The molecule has 3 aromatic carbocycles. The van der Waals surface area contributed by atoms with Crippen molar-refractivity contribution >= 4 is 23.1 Å². The van der Waals surface area contributed by atoms with E-state index < -0.39 is 7.14 Å². The normalized spacial score (nSPS) is 11.5. The van der Waals surface area contributed by atoms with E-state index in [9.17, 15) is 14.8 Å². The van der Waals surface area contributed by atoms with E-state index in [0.29, 0.717) is 32.8 Å². The summed E-state index contributed by atoms with van der Waals surface area (Å²) in [6, 6.07) is 14.2. The van der Waals surface area contributed by atoms with Crippen LogP contribution in [0.5, 0.6) is 17.2 Å². The number of methoxy groups -OCH3 is 1. The van der Waals surface area contributed by atoms with Crippen LogP contribution in [0.3, 0.4) is 0 Å². The van der Waals surface area contributed by atoms with Crippen LogP contribution in [-0.4, -0.2) is 17.3 Å². The van der Waals surface area contributed by atoms with E-state index in [1.54, 1.807) is 50.2 Å².